The lowest BCUT2D eigenvalue weighted by Crippen LogP contribution is -2.54. The number of carbonyl (C=O) groups is 2. The molecule has 1 aromatic rings. The Balaban J connectivity index is 0.00000338. The molecule has 1 saturated heterocycles. The Morgan fingerprint density at radius 1 is 1.27 bits per heavy atom. The third-order valence-electron chi connectivity index (χ3n) is 3.94. The highest BCUT2D eigenvalue weighted by Gasteiger charge is 2.36. The van der Waals surface area contributed by atoms with Gasteiger partial charge in [0.05, 0.1) is 17.1 Å². The number of sulfone groups is 1. The minimum Gasteiger partial charge on any atom is -0.462 e. The first kappa shape index (κ1) is 22.4. The van der Waals surface area contributed by atoms with Crippen molar-refractivity contribution in [3.05, 3.63) is 23.8 Å². The van der Waals surface area contributed by atoms with Crippen molar-refractivity contribution in [1.29, 1.82) is 0 Å². The summed E-state index contributed by atoms with van der Waals surface area (Å²) < 4.78 is 33.8. The van der Waals surface area contributed by atoms with Crippen molar-refractivity contribution in [2.45, 2.75) is 30.2 Å². The molecule has 1 aliphatic rings. The van der Waals surface area contributed by atoms with Gasteiger partial charge in [0, 0.05) is 25.2 Å². The largest absolute Gasteiger partial charge is 0.462 e. The predicted molar refractivity (Wildman–Crippen MR) is 98.4 cm³/mol. The number of anilines is 1. The maximum Gasteiger partial charge on any atom is 0.338 e. The molecule has 1 fully saturated rings. The van der Waals surface area contributed by atoms with Crippen LogP contribution in [-0.2, 0) is 24.1 Å². The number of benzene rings is 1. The van der Waals surface area contributed by atoms with E-state index in [9.17, 15) is 18.0 Å². The zero-order valence-electron chi connectivity index (χ0n) is 14.6. The number of nitrogens with one attached hydrogen (secondary N) is 1. The number of nitrogens with two attached hydrogens (primary N) is 1. The molecule has 0 atom stereocenters. The minimum atomic E-state index is -3.58. The third-order valence-corrected chi connectivity index (χ3v) is 5.03. The van der Waals surface area contributed by atoms with E-state index in [1.807, 2.05) is 0 Å². The Kier molecular flexibility index (Phi) is 7.57. The van der Waals surface area contributed by atoms with Crippen LogP contribution in [0.3, 0.4) is 0 Å². The smallest absolute Gasteiger partial charge is 0.338 e. The second-order valence-corrected chi connectivity index (χ2v) is 7.98. The molecule has 1 aliphatic heterocycles. The highest BCUT2D eigenvalue weighted by molar-refractivity contribution is 7.90. The van der Waals surface area contributed by atoms with Crippen molar-refractivity contribution in [1.82, 2.24) is 0 Å². The van der Waals surface area contributed by atoms with E-state index in [4.69, 9.17) is 15.2 Å². The number of rotatable bonds is 5. The Labute approximate surface area is 158 Å². The van der Waals surface area contributed by atoms with E-state index in [1.54, 1.807) is 6.92 Å². The van der Waals surface area contributed by atoms with Crippen LogP contribution in [0.2, 0.25) is 0 Å². The van der Waals surface area contributed by atoms with Crippen LogP contribution in [0.1, 0.15) is 30.1 Å². The van der Waals surface area contributed by atoms with Gasteiger partial charge in [-0.25, -0.2) is 13.2 Å². The van der Waals surface area contributed by atoms with Gasteiger partial charge in [0.1, 0.15) is 5.54 Å². The van der Waals surface area contributed by atoms with Crippen molar-refractivity contribution in [2.24, 2.45) is 5.73 Å². The van der Waals surface area contributed by atoms with Crippen LogP contribution in [0, 0.1) is 0 Å². The number of ether oxygens (including phenoxy) is 2. The topological polar surface area (TPSA) is 125 Å². The van der Waals surface area contributed by atoms with Crippen molar-refractivity contribution < 1.29 is 27.5 Å². The fourth-order valence-corrected chi connectivity index (χ4v) is 3.12. The van der Waals surface area contributed by atoms with Crippen LogP contribution >= 0.6 is 12.4 Å². The molecule has 146 valence electrons. The lowest BCUT2D eigenvalue weighted by Gasteiger charge is -2.31. The summed E-state index contributed by atoms with van der Waals surface area (Å²) >= 11 is 0. The zero-order chi connectivity index (χ0) is 18.7. The van der Waals surface area contributed by atoms with Crippen LogP contribution in [0.25, 0.3) is 0 Å². The molecule has 8 nitrogen and oxygen atoms in total. The third kappa shape index (κ3) is 5.41. The van der Waals surface area contributed by atoms with Gasteiger partial charge in [-0.15, -0.1) is 12.4 Å². The molecule has 1 heterocycles. The van der Waals surface area contributed by atoms with E-state index in [1.165, 1.54) is 18.2 Å². The second-order valence-electron chi connectivity index (χ2n) is 5.96. The van der Waals surface area contributed by atoms with Crippen LogP contribution in [0.5, 0.6) is 0 Å². The van der Waals surface area contributed by atoms with Crippen LogP contribution in [0.15, 0.2) is 23.1 Å². The molecule has 26 heavy (non-hydrogen) atoms. The van der Waals surface area contributed by atoms with E-state index in [0.717, 1.165) is 6.26 Å². The molecule has 0 saturated carbocycles. The average molecular weight is 407 g/mol. The maximum absolute atomic E-state index is 12.5. The number of hydrogen-bond acceptors (Lipinski definition) is 7. The monoisotopic (exact) mass is 406 g/mol. The second kappa shape index (κ2) is 8.81. The zero-order valence-corrected chi connectivity index (χ0v) is 16.2. The standard InChI is InChI=1S/C16H22N2O6S.ClH/c1-3-24-14(19)11-8-12(10-13(9-11)25(2,21)22)18-15(20)16(17)4-6-23-7-5-16;/h8-10H,3-7,17H2,1-2H3,(H,18,20);1H. The van der Waals surface area contributed by atoms with Crippen LogP contribution in [-0.4, -0.2) is 51.9 Å². The van der Waals surface area contributed by atoms with Crippen molar-refractivity contribution in [2.75, 3.05) is 31.4 Å². The maximum atomic E-state index is 12.5. The highest BCUT2D eigenvalue weighted by Crippen LogP contribution is 2.23. The first-order valence-electron chi connectivity index (χ1n) is 7.86. The predicted octanol–water partition coefficient (Wildman–Crippen LogP) is 1.14. The Bertz CT molecular complexity index is 775. The Hall–Kier alpha value is -1.68. The molecule has 10 heteroatoms. The lowest BCUT2D eigenvalue weighted by atomic mass is 9.90. The van der Waals surface area contributed by atoms with E-state index >= 15 is 0 Å². The number of amides is 1. The fourth-order valence-electron chi connectivity index (χ4n) is 2.44. The van der Waals surface area contributed by atoms with Gasteiger partial charge in [0.2, 0.25) is 5.91 Å². The normalized spacial score (nSPS) is 16.3. The van der Waals surface area contributed by atoms with Gasteiger partial charge in [0.15, 0.2) is 9.84 Å². The quantitative estimate of drug-likeness (QED) is 0.702. The summed E-state index contributed by atoms with van der Waals surface area (Å²) in [6, 6.07) is 3.88. The summed E-state index contributed by atoms with van der Waals surface area (Å²) in [6.07, 6.45) is 1.73. The number of halogens is 1. The highest BCUT2D eigenvalue weighted by atomic mass is 35.5. The molecule has 0 aromatic heterocycles. The van der Waals surface area contributed by atoms with Crippen LogP contribution in [0.4, 0.5) is 5.69 Å². The first-order valence-corrected chi connectivity index (χ1v) is 9.75. The molecule has 0 unspecified atom stereocenters. The molecular formula is C16H23ClN2O6S. The first-order chi connectivity index (χ1) is 11.7. The number of carbonyl (C=O) groups excluding carboxylic acids is 2. The van der Waals surface area contributed by atoms with E-state index in [2.05, 4.69) is 5.32 Å². The Morgan fingerprint density at radius 2 is 1.88 bits per heavy atom. The summed E-state index contributed by atoms with van der Waals surface area (Å²) in [5.41, 5.74) is 5.24. The Morgan fingerprint density at radius 3 is 2.42 bits per heavy atom. The van der Waals surface area contributed by atoms with Gasteiger partial charge >= 0.3 is 5.97 Å². The number of hydrogen-bond donors (Lipinski definition) is 2. The fraction of sp³-hybridized carbons (Fsp3) is 0.500. The minimum absolute atomic E-state index is 0. The van der Waals surface area contributed by atoms with Gasteiger partial charge in [0.25, 0.3) is 0 Å². The number of esters is 1. The van der Waals surface area contributed by atoms with Gasteiger partial charge in [-0.3, -0.25) is 4.79 Å². The molecule has 2 rings (SSSR count). The molecule has 0 radical (unpaired) electrons. The van der Waals surface area contributed by atoms with Crippen LogP contribution < -0.4 is 11.1 Å². The van der Waals surface area contributed by atoms with Gasteiger partial charge in [-0.1, -0.05) is 0 Å². The van der Waals surface area contributed by atoms with E-state index in [-0.39, 0.29) is 35.2 Å². The molecular weight excluding hydrogens is 384 g/mol. The van der Waals surface area contributed by atoms with E-state index in [0.29, 0.717) is 26.1 Å². The average Bonchev–Trinajstić information content (AvgIpc) is 2.54. The van der Waals surface area contributed by atoms with Gasteiger partial charge < -0.3 is 20.5 Å². The summed E-state index contributed by atoms with van der Waals surface area (Å²) in [5, 5.41) is 2.61. The summed E-state index contributed by atoms with van der Waals surface area (Å²) in [7, 11) is -3.58. The molecule has 3 N–H and O–H groups in total. The molecule has 0 bridgehead atoms. The SMILES string of the molecule is CCOC(=O)c1cc(NC(=O)C2(N)CCOCC2)cc(S(C)(=O)=O)c1.Cl. The van der Waals surface area contributed by atoms with Gasteiger partial charge in [-0.05, 0) is 38.0 Å². The van der Waals surface area contributed by atoms with Crippen molar-refractivity contribution in [3.8, 4) is 0 Å². The molecule has 0 spiro atoms. The molecule has 0 aliphatic carbocycles. The van der Waals surface area contributed by atoms with Crippen molar-refractivity contribution in [3.63, 3.8) is 0 Å². The van der Waals surface area contributed by atoms with Crippen molar-refractivity contribution >= 4 is 39.8 Å². The summed E-state index contributed by atoms with van der Waals surface area (Å²) in [5.74, 6) is -1.12. The summed E-state index contributed by atoms with van der Waals surface area (Å²) in [4.78, 5) is 24.4. The molecule has 1 amide bonds. The lowest BCUT2D eigenvalue weighted by molar-refractivity contribution is -0.124. The molecule has 1 aromatic carbocycles. The summed E-state index contributed by atoms with van der Waals surface area (Å²) in [6.45, 7) is 2.54. The van der Waals surface area contributed by atoms with E-state index < -0.39 is 27.3 Å². The van der Waals surface area contributed by atoms with Gasteiger partial charge in [-0.2, -0.15) is 0 Å².